The smallest absolute Gasteiger partial charge is 0.222 e. The molecule has 4 heteroatoms. The van der Waals surface area contributed by atoms with Crippen LogP contribution in [0.25, 0.3) is 0 Å². The molecule has 106 valence electrons. The van der Waals surface area contributed by atoms with Crippen LogP contribution in [0.2, 0.25) is 0 Å². The van der Waals surface area contributed by atoms with Gasteiger partial charge in [-0.2, -0.15) is 11.8 Å². The number of rotatable bonds is 7. The Morgan fingerprint density at radius 2 is 2.11 bits per heavy atom. The lowest BCUT2D eigenvalue weighted by atomic mass is 9.93. The molecule has 0 bridgehead atoms. The molecule has 1 N–H and O–H groups in total. The first-order valence-electron chi connectivity index (χ1n) is 7.14. The third-order valence-electron chi connectivity index (χ3n) is 4.00. The summed E-state index contributed by atoms with van der Waals surface area (Å²) in [6.07, 6.45) is 7.43. The molecule has 0 spiro atoms. The van der Waals surface area contributed by atoms with Crippen molar-refractivity contribution in [3.63, 3.8) is 0 Å². The van der Waals surface area contributed by atoms with Crippen molar-refractivity contribution in [2.24, 2.45) is 5.92 Å². The number of carbonyl (C=O) groups excluding carboxylic acids is 1. The summed E-state index contributed by atoms with van der Waals surface area (Å²) in [4.78, 5) is 14.1. The standard InChI is InChI=1S/C14H28N2OS/c1-4-13(11-18-3)16(2)14(17)6-5-12-7-9-15-10-8-12/h12-13,15H,4-11H2,1-3H3. The third-order valence-corrected chi connectivity index (χ3v) is 4.71. The average molecular weight is 272 g/mol. The zero-order valence-electron chi connectivity index (χ0n) is 12.1. The largest absolute Gasteiger partial charge is 0.342 e. The van der Waals surface area contributed by atoms with Gasteiger partial charge in [0.25, 0.3) is 0 Å². The second kappa shape index (κ2) is 8.81. The van der Waals surface area contributed by atoms with Crippen molar-refractivity contribution in [3.05, 3.63) is 0 Å². The SMILES string of the molecule is CCC(CSC)N(C)C(=O)CCC1CCNCC1. The van der Waals surface area contributed by atoms with Crippen LogP contribution in [0.1, 0.15) is 39.0 Å². The van der Waals surface area contributed by atoms with Gasteiger partial charge in [-0.15, -0.1) is 0 Å². The number of piperidine rings is 1. The number of thioether (sulfide) groups is 1. The van der Waals surface area contributed by atoms with Crippen molar-refractivity contribution in [1.82, 2.24) is 10.2 Å². The normalized spacial score (nSPS) is 18.6. The van der Waals surface area contributed by atoms with Crippen LogP contribution in [-0.2, 0) is 4.79 Å². The predicted octanol–water partition coefficient (Wildman–Crippen LogP) is 2.37. The molecule has 0 aromatic heterocycles. The summed E-state index contributed by atoms with van der Waals surface area (Å²) in [6, 6.07) is 0.403. The number of hydrogen-bond acceptors (Lipinski definition) is 3. The molecule has 0 aromatic carbocycles. The van der Waals surface area contributed by atoms with Crippen molar-refractivity contribution < 1.29 is 4.79 Å². The van der Waals surface area contributed by atoms with Crippen LogP contribution >= 0.6 is 11.8 Å². The Hall–Kier alpha value is -0.220. The number of amides is 1. The monoisotopic (exact) mass is 272 g/mol. The molecule has 0 radical (unpaired) electrons. The van der Waals surface area contributed by atoms with Crippen LogP contribution in [-0.4, -0.2) is 49.0 Å². The van der Waals surface area contributed by atoms with Crippen molar-refractivity contribution in [2.45, 2.75) is 45.1 Å². The molecule has 1 saturated heterocycles. The molecular formula is C14H28N2OS. The van der Waals surface area contributed by atoms with Crippen molar-refractivity contribution in [2.75, 3.05) is 32.1 Å². The zero-order chi connectivity index (χ0) is 13.4. The minimum atomic E-state index is 0.328. The first kappa shape index (κ1) is 15.8. The maximum Gasteiger partial charge on any atom is 0.222 e. The van der Waals surface area contributed by atoms with Gasteiger partial charge < -0.3 is 10.2 Å². The summed E-state index contributed by atoms with van der Waals surface area (Å²) in [5.41, 5.74) is 0. The summed E-state index contributed by atoms with van der Waals surface area (Å²) >= 11 is 1.82. The lowest BCUT2D eigenvalue weighted by Gasteiger charge is -2.28. The quantitative estimate of drug-likeness (QED) is 0.772. The van der Waals surface area contributed by atoms with Gasteiger partial charge in [0.15, 0.2) is 0 Å². The fourth-order valence-corrected chi connectivity index (χ4v) is 3.42. The molecule has 1 unspecified atom stereocenters. The number of nitrogens with one attached hydrogen (secondary N) is 1. The van der Waals surface area contributed by atoms with E-state index in [9.17, 15) is 4.79 Å². The van der Waals surface area contributed by atoms with Gasteiger partial charge in [0, 0.05) is 25.3 Å². The molecule has 0 aromatic rings. The Labute approximate surface area is 116 Å². The highest BCUT2D eigenvalue weighted by atomic mass is 32.2. The molecule has 1 atom stereocenters. The van der Waals surface area contributed by atoms with Crippen LogP contribution in [0.4, 0.5) is 0 Å². The lowest BCUT2D eigenvalue weighted by molar-refractivity contribution is -0.132. The van der Waals surface area contributed by atoms with Crippen molar-refractivity contribution in [1.29, 1.82) is 0 Å². The Balaban J connectivity index is 2.29. The van der Waals surface area contributed by atoms with E-state index in [0.717, 1.165) is 44.0 Å². The maximum atomic E-state index is 12.2. The predicted molar refractivity (Wildman–Crippen MR) is 80.1 cm³/mol. The summed E-state index contributed by atoms with van der Waals surface area (Å²) in [5, 5.41) is 3.37. The fourth-order valence-electron chi connectivity index (χ4n) is 2.57. The molecule has 1 aliphatic heterocycles. The number of nitrogens with zero attached hydrogens (tertiary/aromatic N) is 1. The summed E-state index contributed by atoms with van der Waals surface area (Å²) in [6.45, 7) is 4.41. The zero-order valence-corrected chi connectivity index (χ0v) is 12.9. The van der Waals surface area contributed by atoms with E-state index >= 15 is 0 Å². The Kier molecular flexibility index (Phi) is 7.75. The Morgan fingerprint density at radius 1 is 1.44 bits per heavy atom. The van der Waals surface area contributed by atoms with Crippen LogP contribution in [0.3, 0.4) is 0 Å². The molecule has 1 rings (SSSR count). The molecule has 18 heavy (non-hydrogen) atoms. The molecule has 1 aliphatic rings. The van der Waals surface area contributed by atoms with Gasteiger partial charge >= 0.3 is 0 Å². The lowest BCUT2D eigenvalue weighted by Crippen LogP contribution is -2.38. The van der Waals surface area contributed by atoms with E-state index in [2.05, 4.69) is 18.5 Å². The van der Waals surface area contributed by atoms with Gasteiger partial charge in [0.1, 0.15) is 0 Å². The number of hydrogen-bond donors (Lipinski definition) is 1. The minimum Gasteiger partial charge on any atom is -0.342 e. The van der Waals surface area contributed by atoms with Gasteiger partial charge in [-0.1, -0.05) is 6.92 Å². The Morgan fingerprint density at radius 3 is 2.67 bits per heavy atom. The molecule has 1 amide bonds. The first-order valence-corrected chi connectivity index (χ1v) is 8.53. The topological polar surface area (TPSA) is 32.3 Å². The van der Waals surface area contributed by atoms with Crippen LogP contribution in [0.5, 0.6) is 0 Å². The molecule has 0 aliphatic carbocycles. The molecule has 1 heterocycles. The third kappa shape index (κ3) is 5.19. The molecule has 1 fully saturated rings. The van der Waals surface area contributed by atoms with Crippen molar-refractivity contribution >= 4 is 17.7 Å². The summed E-state index contributed by atoms with van der Waals surface area (Å²) < 4.78 is 0. The van der Waals surface area contributed by atoms with Gasteiger partial charge in [-0.25, -0.2) is 0 Å². The Bertz CT molecular complexity index is 242. The van der Waals surface area contributed by atoms with Crippen molar-refractivity contribution in [3.8, 4) is 0 Å². The van der Waals surface area contributed by atoms with E-state index in [1.165, 1.54) is 12.8 Å². The van der Waals surface area contributed by atoms with Crippen LogP contribution in [0, 0.1) is 5.92 Å². The molecular weight excluding hydrogens is 244 g/mol. The second-order valence-corrected chi connectivity index (χ2v) is 6.16. The van der Waals surface area contributed by atoms with Gasteiger partial charge in [0.2, 0.25) is 5.91 Å². The summed E-state index contributed by atoms with van der Waals surface area (Å²) in [5.74, 6) is 2.13. The van der Waals surface area contributed by atoms with E-state index in [0.29, 0.717) is 11.9 Å². The maximum absolute atomic E-state index is 12.2. The van der Waals surface area contributed by atoms with E-state index in [-0.39, 0.29) is 0 Å². The van der Waals surface area contributed by atoms with E-state index in [1.807, 2.05) is 23.7 Å². The van der Waals surface area contributed by atoms with Gasteiger partial charge in [-0.3, -0.25) is 4.79 Å². The van der Waals surface area contributed by atoms with Gasteiger partial charge in [-0.05, 0) is 50.9 Å². The van der Waals surface area contributed by atoms with Crippen LogP contribution < -0.4 is 5.32 Å². The van der Waals surface area contributed by atoms with Gasteiger partial charge in [0.05, 0.1) is 0 Å². The fraction of sp³-hybridized carbons (Fsp3) is 0.929. The highest BCUT2D eigenvalue weighted by Crippen LogP contribution is 2.19. The van der Waals surface area contributed by atoms with Crippen LogP contribution in [0.15, 0.2) is 0 Å². The minimum absolute atomic E-state index is 0.328. The molecule has 3 nitrogen and oxygen atoms in total. The highest BCUT2D eigenvalue weighted by Gasteiger charge is 2.20. The molecule has 0 saturated carbocycles. The highest BCUT2D eigenvalue weighted by molar-refractivity contribution is 7.98. The van der Waals surface area contributed by atoms with E-state index in [4.69, 9.17) is 0 Å². The van der Waals surface area contributed by atoms with E-state index in [1.54, 1.807) is 0 Å². The average Bonchev–Trinajstić information content (AvgIpc) is 2.42. The first-order chi connectivity index (χ1) is 8.69. The second-order valence-electron chi connectivity index (χ2n) is 5.25. The van der Waals surface area contributed by atoms with E-state index < -0.39 is 0 Å². The summed E-state index contributed by atoms with van der Waals surface area (Å²) in [7, 11) is 1.97. The number of carbonyl (C=O) groups is 1.